The van der Waals surface area contributed by atoms with E-state index >= 15 is 0 Å². The molecule has 0 bridgehead atoms. The molecule has 0 fully saturated rings. The Morgan fingerprint density at radius 1 is 0.895 bits per heavy atom. The lowest BCUT2D eigenvalue weighted by Crippen LogP contribution is -2.43. The summed E-state index contributed by atoms with van der Waals surface area (Å²) in [5.41, 5.74) is 1.05. The van der Waals surface area contributed by atoms with Crippen LogP contribution in [0.4, 0.5) is 0 Å². The zero-order valence-electron chi connectivity index (χ0n) is 12.2. The van der Waals surface area contributed by atoms with Crippen molar-refractivity contribution >= 4 is 8.80 Å². The standard InChI is InChI=1S/C13H22O5Si/c1-14-12-8-6-7-11(13(12)15-2)9-10-19(16-3,17-4)18-5/h6-8H,9-10H2,1-5H3. The molecule has 0 amide bonds. The minimum Gasteiger partial charge on any atom is -0.493 e. The lowest BCUT2D eigenvalue weighted by atomic mass is 10.1. The molecule has 0 heterocycles. The van der Waals surface area contributed by atoms with Crippen molar-refractivity contribution in [1.29, 1.82) is 0 Å². The monoisotopic (exact) mass is 286 g/mol. The van der Waals surface area contributed by atoms with Crippen LogP contribution in [0.25, 0.3) is 0 Å². The second-order valence-electron chi connectivity index (χ2n) is 3.95. The Bertz CT molecular complexity index is 384. The Hall–Kier alpha value is -1.08. The number of hydrogen-bond donors (Lipinski definition) is 0. The quantitative estimate of drug-likeness (QED) is 0.685. The van der Waals surface area contributed by atoms with Gasteiger partial charge in [0.05, 0.1) is 14.2 Å². The number of benzene rings is 1. The molecule has 0 saturated heterocycles. The molecule has 0 unspecified atom stereocenters. The summed E-state index contributed by atoms with van der Waals surface area (Å²) < 4.78 is 26.9. The minimum absolute atomic E-state index is 0.681. The van der Waals surface area contributed by atoms with E-state index in [1.807, 2.05) is 18.2 Å². The van der Waals surface area contributed by atoms with Crippen molar-refractivity contribution in [3.8, 4) is 11.5 Å². The van der Waals surface area contributed by atoms with Crippen LogP contribution in [0.3, 0.4) is 0 Å². The maximum Gasteiger partial charge on any atom is 0.500 e. The highest BCUT2D eigenvalue weighted by atomic mass is 28.4. The summed E-state index contributed by atoms with van der Waals surface area (Å²) in [5.74, 6) is 1.47. The van der Waals surface area contributed by atoms with Crippen LogP contribution >= 0.6 is 0 Å². The first-order valence-corrected chi connectivity index (χ1v) is 7.94. The number of hydrogen-bond acceptors (Lipinski definition) is 5. The topological polar surface area (TPSA) is 46.2 Å². The van der Waals surface area contributed by atoms with Gasteiger partial charge >= 0.3 is 8.80 Å². The van der Waals surface area contributed by atoms with E-state index in [0.717, 1.165) is 23.5 Å². The van der Waals surface area contributed by atoms with E-state index in [4.69, 9.17) is 22.8 Å². The highest BCUT2D eigenvalue weighted by molar-refractivity contribution is 6.60. The van der Waals surface area contributed by atoms with Gasteiger partial charge in [-0.2, -0.15) is 0 Å². The van der Waals surface area contributed by atoms with E-state index in [9.17, 15) is 0 Å². The Morgan fingerprint density at radius 2 is 1.53 bits per heavy atom. The molecule has 0 aromatic heterocycles. The first-order chi connectivity index (χ1) is 9.16. The van der Waals surface area contributed by atoms with Crippen LogP contribution < -0.4 is 9.47 Å². The summed E-state index contributed by atoms with van der Waals surface area (Å²) in [6.45, 7) is 0. The fourth-order valence-corrected chi connectivity index (χ4v) is 3.68. The summed E-state index contributed by atoms with van der Waals surface area (Å²) in [4.78, 5) is 0. The minimum atomic E-state index is -2.56. The van der Waals surface area contributed by atoms with Gasteiger partial charge in [0.1, 0.15) is 0 Å². The molecule has 1 aromatic rings. The van der Waals surface area contributed by atoms with Crippen LogP contribution in [0.2, 0.25) is 6.04 Å². The van der Waals surface area contributed by atoms with Crippen molar-refractivity contribution in [3.05, 3.63) is 23.8 Å². The molecule has 108 valence electrons. The van der Waals surface area contributed by atoms with E-state index in [-0.39, 0.29) is 0 Å². The first-order valence-electron chi connectivity index (χ1n) is 6.01. The van der Waals surface area contributed by atoms with Crippen molar-refractivity contribution in [2.24, 2.45) is 0 Å². The highest BCUT2D eigenvalue weighted by Crippen LogP contribution is 2.32. The van der Waals surface area contributed by atoms with Crippen LogP contribution in [0.1, 0.15) is 5.56 Å². The Balaban J connectivity index is 2.88. The van der Waals surface area contributed by atoms with Gasteiger partial charge in [0.15, 0.2) is 11.5 Å². The Kier molecular flexibility index (Phi) is 6.30. The van der Waals surface area contributed by atoms with Crippen molar-refractivity contribution < 1.29 is 22.8 Å². The number of methoxy groups -OCH3 is 2. The molecule has 0 atom stereocenters. The van der Waals surface area contributed by atoms with Crippen LogP contribution in [-0.4, -0.2) is 44.4 Å². The third-order valence-corrected chi connectivity index (χ3v) is 5.85. The molecule has 0 radical (unpaired) electrons. The summed E-state index contributed by atoms with van der Waals surface area (Å²) in [6.07, 6.45) is 0.738. The summed E-state index contributed by atoms with van der Waals surface area (Å²) >= 11 is 0. The number of para-hydroxylation sites is 1. The van der Waals surface area contributed by atoms with Gasteiger partial charge in [-0.05, 0) is 18.1 Å². The van der Waals surface area contributed by atoms with E-state index < -0.39 is 8.80 Å². The van der Waals surface area contributed by atoms with Crippen LogP contribution in [0, 0.1) is 0 Å². The number of rotatable bonds is 8. The second-order valence-corrected chi connectivity index (χ2v) is 7.04. The van der Waals surface area contributed by atoms with Gasteiger partial charge in [0, 0.05) is 27.4 Å². The highest BCUT2D eigenvalue weighted by Gasteiger charge is 2.37. The Labute approximate surface area is 115 Å². The van der Waals surface area contributed by atoms with Gasteiger partial charge in [0.2, 0.25) is 0 Å². The van der Waals surface area contributed by atoms with E-state index in [1.54, 1.807) is 35.5 Å². The number of aryl methyl sites for hydroxylation is 1. The van der Waals surface area contributed by atoms with Crippen molar-refractivity contribution in [3.63, 3.8) is 0 Å². The first kappa shape index (κ1) is 16.0. The van der Waals surface area contributed by atoms with Gasteiger partial charge in [-0.3, -0.25) is 0 Å². The molecular formula is C13H22O5Si. The smallest absolute Gasteiger partial charge is 0.493 e. The molecular weight excluding hydrogens is 264 g/mol. The van der Waals surface area contributed by atoms with Gasteiger partial charge < -0.3 is 22.8 Å². The molecule has 0 saturated carbocycles. The molecule has 0 aliphatic heterocycles. The second kappa shape index (κ2) is 7.49. The fourth-order valence-electron chi connectivity index (χ4n) is 1.99. The van der Waals surface area contributed by atoms with Crippen LogP contribution in [0.5, 0.6) is 11.5 Å². The molecule has 5 nitrogen and oxygen atoms in total. The van der Waals surface area contributed by atoms with E-state index in [0.29, 0.717) is 6.04 Å². The van der Waals surface area contributed by atoms with Crippen molar-refractivity contribution in [1.82, 2.24) is 0 Å². The maximum atomic E-state index is 5.41. The van der Waals surface area contributed by atoms with Crippen molar-refractivity contribution in [2.75, 3.05) is 35.5 Å². The molecule has 1 aromatic carbocycles. The third-order valence-electron chi connectivity index (χ3n) is 3.12. The third kappa shape index (κ3) is 3.70. The summed E-state index contributed by atoms with van der Waals surface area (Å²) in [5, 5.41) is 0. The SMILES string of the molecule is COc1cccc(CC[Si](OC)(OC)OC)c1OC. The van der Waals surface area contributed by atoms with Gasteiger partial charge in [0.25, 0.3) is 0 Å². The van der Waals surface area contributed by atoms with E-state index in [2.05, 4.69) is 0 Å². The maximum absolute atomic E-state index is 5.41. The molecule has 0 spiro atoms. The average Bonchev–Trinajstić information content (AvgIpc) is 2.48. The summed E-state index contributed by atoms with van der Waals surface area (Å²) in [6, 6.07) is 6.49. The molecule has 1 rings (SSSR count). The van der Waals surface area contributed by atoms with Gasteiger partial charge in [-0.25, -0.2) is 0 Å². The average molecular weight is 286 g/mol. The lowest BCUT2D eigenvalue weighted by molar-refractivity contribution is 0.123. The predicted molar refractivity (Wildman–Crippen MR) is 74.8 cm³/mol. The van der Waals surface area contributed by atoms with Crippen molar-refractivity contribution in [2.45, 2.75) is 12.5 Å². The van der Waals surface area contributed by atoms with Crippen LogP contribution in [-0.2, 0) is 19.7 Å². The molecule has 0 aliphatic carbocycles. The molecule has 0 aliphatic rings. The van der Waals surface area contributed by atoms with Gasteiger partial charge in [-0.1, -0.05) is 12.1 Å². The van der Waals surface area contributed by atoms with Crippen LogP contribution in [0.15, 0.2) is 18.2 Å². The predicted octanol–water partition coefficient (Wildman–Crippen LogP) is 2.12. The number of ether oxygens (including phenoxy) is 2. The fraction of sp³-hybridized carbons (Fsp3) is 0.538. The Morgan fingerprint density at radius 3 is 2.00 bits per heavy atom. The molecule has 0 N–H and O–H groups in total. The molecule has 6 heteroatoms. The van der Waals surface area contributed by atoms with E-state index in [1.165, 1.54) is 0 Å². The normalized spacial score (nSPS) is 11.4. The van der Waals surface area contributed by atoms with Gasteiger partial charge in [-0.15, -0.1) is 0 Å². The largest absolute Gasteiger partial charge is 0.500 e. The molecule has 19 heavy (non-hydrogen) atoms. The summed E-state index contributed by atoms with van der Waals surface area (Å²) in [7, 11) is 5.54. The zero-order valence-corrected chi connectivity index (χ0v) is 13.2. The lowest BCUT2D eigenvalue weighted by Gasteiger charge is -2.24. The zero-order chi connectivity index (χ0) is 14.3.